The third kappa shape index (κ3) is 3.36. The van der Waals surface area contributed by atoms with Crippen LogP contribution in [-0.2, 0) is 4.74 Å². The highest BCUT2D eigenvalue weighted by Crippen LogP contribution is 2.40. The van der Waals surface area contributed by atoms with E-state index in [4.69, 9.17) is 4.74 Å². The maximum atomic E-state index is 11.7. The smallest absolute Gasteiger partial charge is 0.261 e. The van der Waals surface area contributed by atoms with Gasteiger partial charge in [0.25, 0.3) is 6.43 Å². The van der Waals surface area contributed by atoms with Gasteiger partial charge in [-0.25, -0.2) is 8.78 Å². The first-order valence-electron chi connectivity index (χ1n) is 5.22. The lowest BCUT2D eigenvalue weighted by Gasteiger charge is -2.49. The maximum Gasteiger partial charge on any atom is 0.261 e. The van der Waals surface area contributed by atoms with E-state index in [1.807, 2.05) is 13.8 Å². The highest BCUT2D eigenvalue weighted by Gasteiger charge is 2.46. The Bertz CT molecular complexity index is 200. The van der Waals surface area contributed by atoms with Crippen molar-refractivity contribution >= 4 is 0 Å². The van der Waals surface area contributed by atoms with Gasteiger partial charge in [-0.2, -0.15) is 0 Å². The van der Waals surface area contributed by atoms with Gasteiger partial charge < -0.3 is 15.2 Å². The van der Waals surface area contributed by atoms with Crippen molar-refractivity contribution in [1.29, 1.82) is 0 Å². The zero-order chi connectivity index (χ0) is 11.5. The van der Waals surface area contributed by atoms with Crippen LogP contribution in [0.2, 0.25) is 0 Å². The first-order valence-corrected chi connectivity index (χ1v) is 5.22. The Morgan fingerprint density at radius 1 is 1.53 bits per heavy atom. The van der Waals surface area contributed by atoms with Gasteiger partial charge in [0.05, 0.1) is 12.7 Å². The first-order chi connectivity index (χ1) is 6.94. The fourth-order valence-corrected chi connectivity index (χ4v) is 1.73. The lowest BCUT2D eigenvalue weighted by Crippen LogP contribution is -2.60. The Morgan fingerprint density at radius 2 is 2.20 bits per heavy atom. The van der Waals surface area contributed by atoms with E-state index in [-0.39, 0.29) is 24.2 Å². The van der Waals surface area contributed by atoms with E-state index in [2.05, 4.69) is 5.32 Å². The van der Waals surface area contributed by atoms with Gasteiger partial charge in [-0.1, -0.05) is 13.8 Å². The second kappa shape index (κ2) is 5.18. The summed E-state index contributed by atoms with van der Waals surface area (Å²) in [5.41, 5.74) is -0.122. The lowest BCUT2D eigenvalue weighted by molar-refractivity contribution is -0.0746. The number of rotatable bonds is 6. The molecule has 1 aliphatic carbocycles. The Labute approximate surface area is 88.8 Å². The molecule has 2 unspecified atom stereocenters. The van der Waals surface area contributed by atoms with Gasteiger partial charge in [-0.15, -0.1) is 0 Å². The van der Waals surface area contributed by atoms with Crippen LogP contribution in [0.3, 0.4) is 0 Å². The molecule has 0 aromatic rings. The SMILES string of the molecule is CC1(C)C(O)CC1NCCOCC(F)F. The molecule has 1 fully saturated rings. The summed E-state index contributed by atoms with van der Waals surface area (Å²) in [6, 6.07) is 0.252. The van der Waals surface area contributed by atoms with Crippen LogP contribution < -0.4 is 5.32 Å². The zero-order valence-corrected chi connectivity index (χ0v) is 9.17. The minimum absolute atomic E-state index is 0.122. The fraction of sp³-hybridized carbons (Fsp3) is 1.00. The molecule has 0 aliphatic heterocycles. The Hall–Kier alpha value is -0.260. The van der Waals surface area contributed by atoms with E-state index in [0.29, 0.717) is 6.54 Å². The number of aliphatic hydroxyl groups is 1. The van der Waals surface area contributed by atoms with Crippen molar-refractivity contribution in [3.63, 3.8) is 0 Å². The molecule has 0 bridgehead atoms. The predicted octanol–water partition coefficient (Wildman–Crippen LogP) is 1.02. The molecule has 0 spiro atoms. The summed E-state index contributed by atoms with van der Waals surface area (Å²) in [5.74, 6) is 0. The van der Waals surface area contributed by atoms with E-state index in [0.717, 1.165) is 6.42 Å². The molecule has 3 nitrogen and oxygen atoms in total. The van der Waals surface area contributed by atoms with E-state index in [1.165, 1.54) is 0 Å². The van der Waals surface area contributed by atoms with E-state index in [9.17, 15) is 13.9 Å². The Kier molecular flexibility index (Phi) is 4.43. The highest BCUT2D eigenvalue weighted by atomic mass is 19.3. The van der Waals surface area contributed by atoms with Crippen LogP contribution in [-0.4, -0.2) is 43.4 Å². The molecule has 15 heavy (non-hydrogen) atoms. The molecule has 5 heteroatoms. The predicted molar refractivity (Wildman–Crippen MR) is 53.0 cm³/mol. The molecule has 0 radical (unpaired) electrons. The van der Waals surface area contributed by atoms with Crippen LogP contribution >= 0.6 is 0 Å². The monoisotopic (exact) mass is 223 g/mol. The molecular weight excluding hydrogens is 204 g/mol. The van der Waals surface area contributed by atoms with Gasteiger partial charge in [-0.3, -0.25) is 0 Å². The molecule has 1 aliphatic rings. The molecule has 0 saturated heterocycles. The van der Waals surface area contributed by atoms with E-state index < -0.39 is 13.0 Å². The minimum atomic E-state index is -2.40. The number of hydrogen-bond acceptors (Lipinski definition) is 3. The normalized spacial score (nSPS) is 29.2. The van der Waals surface area contributed by atoms with Gasteiger partial charge >= 0.3 is 0 Å². The molecular formula is C10H19F2NO2. The van der Waals surface area contributed by atoms with Crippen LogP contribution in [0.15, 0.2) is 0 Å². The van der Waals surface area contributed by atoms with Crippen molar-refractivity contribution in [2.75, 3.05) is 19.8 Å². The summed E-state index contributed by atoms with van der Waals surface area (Å²) in [6.45, 7) is 4.30. The van der Waals surface area contributed by atoms with Crippen LogP contribution in [0.5, 0.6) is 0 Å². The van der Waals surface area contributed by atoms with Crippen molar-refractivity contribution in [1.82, 2.24) is 5.32 Å². The van der Waals surface area contributed by atoms with Crippen LogP contribution in [0.25, 0.3) is 0 Å². The Balaban J connectivity index is 2.02. The van der Waals surface area contributed by atoms with Crippen molar-refractivity contribution in [2.24, 2.45) is 5.41 Å². The topological polar surface area (TPSA) is 41.5 Å². The Morgan fingerprint density at radius 3 is 2.67 bits per heavy atom. The number of halogens is 2. The summed E-state index contributed by atoms with van der Waals surface area (Å²) in [6.07, 6.45) is -1.94. The number of ether oxygens (including phenoxy) is 1. The second-order valence-electron chi connectivity index (χ2n) is 4.55. The largest absolute Gasteiger partial charge is 0.392 e. The number of nitrogens with one attached hydrogen (secondary N) is 1. The van der Waals surface area contributed by atoms with Crippen LogP contribution in [0, 0.1) is 5.41 Å². The number of alkyl halides is 2. The highest BCUT2D eigenvalue weighted by molar-refractivity contribution is 5.01. The van der Waals surface area contributed by atoms with Crippen molar-refractivity contribution in [3.05, 3.63) is 0 Å². The number of aliphatic hydroxyl groups excluding tert-OH is 1. The van der Waals surface area contributed by atoms with E-state index >= 15 is 0 Å². The van der Waals surface area contributed by atoms with Crippen molar-refractivity contribution < 1.29 is 18.6 Å². The van der Waals surface area contributed by atoms with Gasteiger partial charge in [0.2, 0.25) is 0 Å². The summed E-state index contributed by atoms with van der Waals surface area (Å²) >= 11 is 0. The maximum absolute atomic E-state index is 11.7. The quantitative estimate of drug-likeness (QED) is 0.660. The van der Waals surface area contributed by atoms with Gasteiger partial charge in [-0.05, 0) is 6.42 Å². The second-order valence-corrected chi connectivity index (χ2v) is 4.55. The third-order valence-electron chi connectivity index (χ3n) is 3.10. The molecule has 1 saturated carbocycles. The minimum Gasteiger partial charge on any atom is -0.392 e. The summed E-state index contributed by atoms with van der Waals surface area (Å²) < 4.78 is 28.1. The molecule has 90 valence electrons. The van der Waals surface area contributed by atoms with Crippen molar-refractivity contribution in [3.8, 4) is 0 Å². The summed E-state index contributed by atoms with van der Waals surface area (Å²) in [5, 5.41) is 12.6. The van der Waals surface area contributed by atoms with Gasteiger partial charge in [0, 0.05) is 18.0 Å². The standard InChI is InChI=1S/C10H19F2NO2/c1-10(2)7(5-8(10)14)13-3-4-15-6-9(11)12/h7-9,13-14H,3-6H2,1-2H3. The molecule has 1 rings (SSSR count). The van der Waals surface area contributed by atoms with Crippen LogP contribution in [0.4, 0.5) is 8.78 Å². The lowest BCUT2D eigenvalue weighted by atomic mass is 9.64. The fourth-order valence-electron chi connectivity index (χ4n) is 1.73. The molecule has 0 aromatic heterocycles. The van der Waals surface area contributed by atoms with Gasteiger partial charge in [0.1, 0.15) is 6.61 Å². The molecule has 0 amide bonds. The van der Waals surface area contributed by atoms with Crippen molar-refractivity contribution in [2.45, 2.75) is 38.8 Å². The molecule has 2 atom stereocenters. The molecule has 2 N–H and O–H groups in total. The molecule has 0 aromatic carbocycles. The zero-order valence-electron chi connectivity index (χ0n) is 9.17. The van der Waals surface area contributed by atoms with Gasteiger partial charge in [0.15, 0.2) is 0 Å². The summed E-state index contributed by atoms with van der Waals surface area (Å²) in [7, 11) is 0. The number of hydrogen-bond donors (Lipinski definition) is 2. The average molecular weight is 223 g/mol. The first kappa shape index (κ1) is 12.8. The summed E-state index contributed by atoms with van der Waals surface area (Å²) in [4.78, 5) is 0. The third-order valence-corrected chi connectivity index (χ3v) is 3.10. The average Bonchev–Trinajstić information content (AvgIpc) is 2.15. The van der Waals surface area contributed by atoms with E-state index in [1.54, 1.807) is 0 Å². The molecule has 0 heterocycles. The van der Waals surface area contributed by atoms with Crippen LogP contribution in [0.1, 0.15) is 20.3 Å².